The van der Waals surface area contributed by atoms with Crippen LogP contribution in [-0.2, 0) is 16.1 Å². The van der Waals surface area contributed by atoms with Crippen molar-refractivity contribution in [2.45, 2.75) is 26.3 Å². The van der Waals surface area contributed by atoms with Crippen molar-refractivity contribution >= 4 is 23.2 Å². The molecule has 0 saturated carbocycles. The average Bonchev–Trinajstić information content (AvgIpc) is 3.10. The highest BCUT2D eigenvalue weighted by Gasteiger charge is 2.29. The van der Waals surface area contributed by atoms with Gasteiger partial charge in [-0.25, -0.2) is 15.0 Å². The number of nitrogens with one attached hydrogen (secondary N) is 1. The van der Waals surface area contributed by atoms with Gasteiger partial charge in [0.15, 0.2) is 10.8 Å². The lowest BCUT2D eigenvalue weighted by Crippen LogP contribution is -2.45. The molecule has 2 amide bonds. The summed E-state index contributed by atoms with van der Waals surface area (Å²) >= 11 is 1.45. The van der Waals surface area contributed by atoms with Gasteiger partial charge in [0.1, 0.15) is 0 Å². The van der Waals surface area contributed by atoms with E-state index in [-0.39, 0.29) is 17.7 Å². The highest BCUT2D eigenvalue weighted by Crippen LogP contribution is 2.20. The van der Waals surface area contributed by atoms with Crippen LogP contribution in [0.4, 0.5) is 0 Å². The third-order valence-corrected chi connectivity index (χ3v) is 4.89. The van der Waals surface area contributed by atoms with Gasteiger partial charge in [-0.15, -0.1) is 11.3 Å². The third-order valence-electron chi connectivity index (χ3n) is 4.01. The fourth-order valence-electron chi connectivity index (χ4n) is 2.66. The van der Waals surface area contributed by atoms with Crippen LogP contribution in [0.25, 0.3) is 10.8 Å². The molecule has 2 aromatic heterocycles. The second-order valence-electron chi connectivity index (χ2n) is 5.60. The fraction of sp³-hybridized carbons (Fsp3) is 0.438. The zero-order chi connectivity index (χ0) is 16.9. The van der Waals surface area contributed by atoms with Crippen molar-refractivity contribution in [3.63, 3.8) is 0 Å². The molecule has 3 rings (SSSR count). The molecular formula is C16H19N5O2S. The van der Waals surface area contributed by atoms with Crippen LogP contribution in [-0.4, -0.2) is 44.8 Å². The molecule has 2 aromatic rings. The molecule has 1 N–H and O–H groups in total. The minimum atomic E-state index is -0.141. The Morgan fingerprint density at radius 2 is 2.21 bits per heavy atom. The van der Waals surface area contributed by atoms with E-state index < -0.39 is 0 Å². The summed E-state index contributed by atoms with van der Waals surface area (Å²) < 4.78 is 0. The molecule has 1 atom stereocenters. The third kappa shape index (κ3) is 3.76. The molecule has 8 heteroatoms. The highest BCUT2D eigenvalue weighted by atomic mass is 32.1. The molecule has 1 saturated heterocycles. The van der Waals surface area contributed by atoms with Crippen molar-refractivity contribution in [1.82, 2.24) is 25.2 Å². The summed E-state index contributed by atoms with van der Waals surface area (Å²) in [5, 5.41) is 5.55. The number of piperidine rings is 1. The minimum absolute atomic E-state index is 0.0218. The molecular weight excluding hydrogens is 326 g/mol. The molecule has 0 aliphatic carbocycles. The van der Waals surface area contributed by atoms with E-state index in [4.69, 9.17) is 0 Å². The van der Waals surface area contributed by atoms with E-state index in [0.29, 0.717) is 38.3 Å². The van der Waals surface area contributed by atoms with Gasteiger partial charge in [-0.1, -0.05) is 0 Å². The number of hydrogen-bond acceptors (Lipinski definition) is 6. The van der Waals surface area contributed by atoms with Crippen LogP contribution in [0.3, 0.4) is 0 Å². The topological polar surface area (TPSA) is 88.1 Å². The van der Waals surface area contributed by atoms with Gasteiger partial charge < -0.3 is 10.2 Å². The predicted molar refractivity (Wildman–Crippen MR) is 90.0 cm³/mol. The predicted octanol–water partition coefficient (Wildman–Crippen LogP) is 1.47. The van der Waals surface area contributed by atoms with Crippen molar-refractivity contribution in [3.05, 3.63) is 29.5 Å². The summed E-state index contributed by atoms with van der Waals surface area (Å²) in [5.41, 5.74) is 0.787. The number of likely N-dealkylation sites (tertiary alicyclic amines) is 1. The molecule has 3 heterocycles. The van der Waals surface area contributed by atoms with Gasteiger partial charge >= 0.3 is 0 Å². The van der Waals surface area contributed by atoms with Gasteiger partial charge in [0.2, 0.25) is 11.8 Å². The maximum Gasteiger partial charge on any atom is 0.225 e. The van der Waals surface area contributed by atoms with Gasteiger partial charge in [0, 0.05) is 37.3 Å². The molecule has 7 nitrogen and oxygen atoms in total. The summed E-state index contributed by atoms with van der Waals surface area (Å²) in [6.07, 6.45) is 4.41. The van der Waals surface area contributed by atoms with Crippen LogP contribution in [0.2, 0.25) is 0 Å². The minimum Gasteiger partial charge on any atom is -0.350 e. The van der Waals surface area contributed by atoms with E-state index in [1.807, 2.05) is 12.3 Å². The Morgan fingerprint density at radius 1 is 1.42 bits per heavy atom. The van der Waals surface area contributed by atoms with E-state index in [0.717, 1.165) is 10.7 Å². The van der Waals surface area contributed by atoms with Crippen LogP contribution < -0.4 is 5.32 Å². The van der Waals surface area contributed by atoms with Crippen LogP contribution in [0.15, 0.2) is 23.8 Å². The Labute approximate surface area is 144 Å². The van der Waals surface area contributed by atoms with Crippen molar-refractivity contribution in [2.75, 3.05) is 13.1 Å². The van der Waals surface area contributed by atoms with Gasteiger partial charge in [0.05, 0.1) is 18.2 Å². The first-order valence-corrected chi connectivity index (χ1v) is 8.82. The zero-order valence-corrected chi connectivity index (χ0v) is 14.3. The zero-order valence-electron chi connectivity index (χ0n) is 13.4. The Bertz CT molecular complexity index is 718. The number of thiazole rings is 1. The molecule has 0 aromatic carbocycles. The standard InChI is InChI=1S/C16H19N5O2S/c1-2-21-9-11(4-5-13(21)22)15(23)19-8-12-10-24-16(20-12)14-17-6-3-7-18-14/h3,6-7,10-11H,2,4-5,8-9H2,1H3,(H,19,23). The molecule has 1 unspecified atom stereocenters. The number of carbonyl (C=O) groups excluding carboxylic acids is 2. The number of rotatable bonds is 5. The second-order valence-corrected chi connectivity index (χ2v) is 6.46. The quantitative estimate of drug-likeness (QED) is 0.887. The first kappa shape index (κ1) is 16.5. The van der Waals surface area contributed by atoms with Gasteiger partial charge in [-0.05, 0) is 19.4 Å². The van der Waals surface area contributed by atoms with Gasteiger partial charge in [-0.3, -0.25) is 9.59 Å². The van der Waals surface area contributed by atoms with E-state index in [1.54, 1.807) is 23.4 Å². The Kier molecular flexibility index (Phi) is 5.14. The first-order valence-electron chi connectivity index (χ1n) is 7.94. The van der Waals surface area contributed by atoms with E-state index >= 15 is 0 Å². The SMILES string of the molecule is CCN1CC(C(=O)NCc2csc(-c3ncccn3)n2)CCC1=O. The molecule has 0 spiro atoms. The molecule has 0 radical (unpaired) electrons. The van der Waals surface area contributed by atoms with Gasteiger partial charge in [-0.2, -0.15) is 0 Å². The fourth-order valence-corrected chi connectivity index (χ4v) is 3.42. The van der Waals surface area contributed by atoms with E-state index in [2.05, 4.69) is 20.3 Å². The van der Waals surface area contributed by atoms with Crippen LogP contribution in [0, 0.1) is 5.92 Å². The lowest BCUT2D eigenvalue weighted by Gasteiger charge is -2.30. The Balaban J connectivity index is 1.55. The molecule has 126 valence electrons. The number of nitrogens with zero attached hydrogens (tertiary/aromatic N) is 4. The molecule has 0 bridgehead atoms. The number of carbonyl (C=O) groups is 2. The molecule has 1 fully saturated rings. The maximum atomic E-state index is 12.3. The lowest BCUT2D eigenvalue weighted by molar-refractivity contribution is -0.138. The van der Waals surface area contributed by atoms with Gasteiger partial charge in [0.25, 0.3) is 0 Å². The summed E-state index contributed by atoms with van der Waals surface area (Å²) in [6, 6.07) is 1.76. The van der Waals surface area contributed by atoms with Crippen molar-refractivity contribution in [3.8, 4) is 10.8 Å². The van der Waals surface area contributed by atoms with Crippen LogP contribution >= 0.6 is 11.3 Å². The first-order chi connectivity index (χ1) is 11.7. The van der Waals surface area contributed by atoms with E-state index in [9.17, 15) is 9.59 Å². The second kappa shape index (κ2) is 7.48. The summed E-state index contributed by atoms with van der Waals surface area (Å²) in [6.45, 7) is 3.45. The lowest BCUT2D eigenvalue weighted by atomic mass is 9.96. The van der Waals surface area contributed by atoms with Crippen LogP contribution in [0.1, 0.15) is 25.5 Å². The van der Waals surface area contributed by atoms with Crippen molar-refractivity contribution in [1.29, 1.82) is 0 Å². The summed E-state index contributed by atoms with van der Waals surface area (Å²) in [5.74, 6) is 0.558. The smallest absolute Gasteiger partial charge is 0.225 e. The highest BCUT2D eigenvalue weighted by molar-refractivity contribution is 7.13. The number of hydrogen-bond donors (Lipinski definition) is 1. The molecule has 24 heavy (non-hydrogen) atoms. The number of aromatic nitrogens is 3. The molecule has 1 aliphatic heterocycles. The summed E-state index contributed by atoms with van der Waals surface area (Å²) in [7, 11) is 0. The van der Waals surface area contributed by atoms with Crippen molar-refractivity contribution < 1.29 is 9.59 Å². The molecule has 1 aliphatic rings. The normalized spacial score (nSPS) is 17.8. The van der Waals surface area contributed by atoms with E-state index in [1.165, 1.54) is 11.3 Å². The Hall–Kier alpha value is -2.35. The largest absolute Gasteiger partial charge is 0.350 e. The average molecular weight is 345 g/mol. The number of amides is 2. The van der Waals surface area contributed by atoms with Crippen LogP contribution in [0.5, 0.6) is 0 Å². The monoisotopic (exact) mass is 345 g/mol. The van der Waals surface area contributed by atoms with Crippen molar-refractivity contribution in [2.24, 2.45) is 5.92 Å². The Morgan fingerprint density at radius 3 is 2.96 bits per heavy atom. The maximum absolute atomic E-state index is 12.3. The summed E-state index contributed by atoms with van der Waals surface area (Å²) in [4.78, 5) is 38.5.